The van der Waals surface area contributed by atoms with Gasteiger partial charge in [0.05, 0.1) is 29.7 Å². The minimum absolute atomic E-state index is 0.00833. The zero-order valence-corrected chi connectivity index (χ0v) is 20.1. The van der Waals surface area contributed by atoms with Crippen molar-refractivity contribution in [3.63, 3.8) is 0 Å². The number of rotatable bonds is 7. The molecule has 8 nitrogen and oxygen atoms in total. The number of carbonyl (C=O) groups is 1. The molecule has 0 saturated heterocycles. The van der Waals surface area contributed by atoms with E-state index in [1.54, 1.807) is 21.0 Å². The Morgan fingerprint density at radius 2 is 1.97 bits per heavy atom. The van der Waals surface area contributed by atoms with Crippen molar-refractivity contribution in [2.45, 2.75) is 69.7 Å². The predicted octanol–water partition coefficient (Wildman–Crippen LogP) is 3.49. The molecule has 166 valence electrons. The van der Waals surface area contributed by atoms with Gasteiger partial charge in [-0.2, -0.15) is 0 Å². The quantitative estimate of drug-likeness (QED) is 0.659. The number of ether oxygens (including phenoxy) is 1. The van der Waals surface area contributed by atoms with Crippen molar-refractivity contribution in [1.82, 2.24) is 9.97 Å². The minimum Gasteiger partial charge on any atom is -0.481 e. The number of aliphatic hydroxyl groups is 1. The van der Waals surface area contributed by atoms with E-state index < -0.39 is 21.4 Å². The third kappa shape index (κ3) is 5.63. The van der Waals surface area contributed by atoms with Crippen molar-refractivity contribution in [1.29, 1.82) is 0 Å². The molecule has 0 radical (unpaired) electrons. The lowest BCUT2D eigenvalue weighted by Crippen LogP contribution is -2.17. The summed E-state index contributed by atoms with van der Waals surface area (Å²) >= 11 is 0.980. The molecule has 0 saturated carbocycles. The second kappa shape index (κ2) is 9.09. The number of methoxy groups -OCH3 is 1. The van der Waals surface area contributed by atoms with Gasteiger partial charge in [-0.1, -0.05) is 27.7 Å². The highest BCUT2D eigenvalue weighted by atomic mass is 32.2. The number of hydrogen-bond donors (Lipinski definition) is 2. The molecule has 2 heterocycles. The zero-order valence-electron chi connectivity index (χ0n) is 18.4. The van der Waals surface area contributed by atoms with Crippen LogP contribution in [0.25, 0.3) is 0 Å². The number of hydrogen-bond acceptors (Lipinski definition) is 7. The second-order valence-electron chi connectivity index (χ2n) is 8.21. The predicted molar refractivity (Wildman–Crippen MR) is 118 cm³/mol. The largest absolute Gasteiger partial charge is 0.481 e. The molecule has 0 aromatic carbocycles. The van der Waals surface area contributed by atoms with Crippen LogP contribution >= 0.6 is 11.3 Å². The molecule has 2 rings (SSSR count). The Morgan fingerprint density at radius 1 is 1.33 bits per heavy atom. The smallest absolute Gasteiger partial charge is 0.259 e. The maximum Gasteiger partial charge on any atom is 0.259 e. The van der Waals surface area contributed by atoms with Crippen LogP contribution < -0.4 is 9.88 Å². The summed E-state index contributed by atoms with van der Waals surface area (Å²) in [6.45, 7) is 11.2. The summed E-state index contributed by atoms with van der Waals surface area (Å²) in [6.07, 6.45) is 1.32. The molecule has 0 spiro atoms. The third-order valence-corrected chi connectivity index (χ3v) is 7.60. The van der Waals surface area contributed by atoms with Gasteiger partial charge in [-0.15, -0.1) is 15.7 Å². The molecule has 0 fully saturated rings. The van der Waals surface area contributed by atoms with Crippen LogP contribution in [0.15, 0.2) is 21.0 Å². The summed E-state index contributed by atoms with van der Waals surface area (Å²) in [7, 11) is -1.97. The van der Waals surface area contributed by atoms with Crippen molar-refractivity contribution >= 4 is 27.2 Å². The fourth-order valence-corrected chi connectivity index (χ4v) is 5.08. The molecule has 0 aliphatic carbocycles. The molecule has 2 aromatic heterocycles. The van der Waals surface area contributed by atoms with Gasteiger partial charge in [-0.3, -0.25) is 4.79 Å². The van der Waals surface area contributed by atoms with E-state index in [1.807, 2.05) is 33.8 Å². The molecular formula is C20H30N4O4S2. The summed E-state index contributed by atoms with van der Waals surface area (Å²) in [5.41, 5.74) is 1.27. The highest BCUT2D eigenvalue weighted by molar-refractivity contribution is 7.93. The molecular weight excluding hydrogens is 424 g/mol. The highest BCUT2D eigenvalue weighted by Crippen LogP contribution is 2.31. The van der Waals surface area contributed by atoms with Crippen LogP contribution in [0.2, 0.25) is 0 Å². The van der Waals surface area contributed by atoms with Gasteiger partial charge in [-0.05, 0) is 36.8 Å². The number of aromatic nitrogens is 2. The van der Waals surface area contributed by atoms with Crippen molar-refractivity contribution in [3.05, 3.63) is 34.0 Å². The van der Waals surface area contributed by atoms with Crippen molar-refractivity contribution in [2.75, 3.05) is 7.11 Å². The monoisotopic (exact) mass is 454 g/mol. The Balaban J connectivity index is 2.46. The Bertz CT molecular complexity index is 1020. The Labute approximate surface area is 182 Å². The van der Waals surface area contributed by atoms with Gasteiger partial charge in [0.2, 0.25) is 10.2 Å². The first-order chi connectivity index (χ1) is 13.8. The third-order valence-electron chi connectivity index (χ3n) is 4.45. The molecule has 1 amide bonds. The number of carbonyl (C=O) groups excluding carboxylic acids is 1. The fourth-order valence-electron chi connectivity index (χ4n) is 2.93. The average molecular weight is 455 g/mol. The Kier molecular flexibility index (Phi) is 7.39. The van der Waals surface area contributed by atoms with E-state index >= 15 is 0 Å². The van der Waals surface area contributed by atoms with Gasteiger partial charge in [0.15, 0.2) is 9.92 Å². The van der Waals surface area contributed by atoms with Crippen molar-refractivity contribution < 1.29 is 18.8 Å². The lowest BCUT2D eigenvalue weighted by atomic mass is 9.91. The summed E-state index contributed by atoms with van der Waals surface area (Å²) < 4.78 is 22.0. The van der Waals surface area contributed by atoms with Crippen molar-refractivity contribution in [3.8, 4) is 5.88 Å². The summed E-state index contributed by atoms with van der Waals surface area (Å²) in [5, 5.41) is 15.9. The lowest BCUT2D eigenvalue weighted by molar-refractivity contribution is -0.117. The van der Waals surface area contributed by atoms with E-state index in [0.29, 0.717) is 10.8 Å². The van der Waals surface area contributed by atoms with Crippen LogP contribution in [0, 0.1) is 0 Å². The summed E-state index contributed by atoms with van der Waals surface area (Å²) in [6, 6.07) is 1.81. The van der Waals surface area contributed by atoms with Crippen LogP contribution in [0.3, 0.4) is 0 Å². The first-order valence-electron chi connectivity index (χ1n) is 9.60. The van der Waals surface area contributed by atoms with E-state index in [0.717, 1.165) is 28.2 Å². The molecule has 3 N–H and O–H groups in total. The topological polar surface area (TPSA) is 128 Å². The zero-order chi connectivity index (χ0) is 22.9. The van der Waals surface area contributed by atoms with Crippen LogP contribution in [-0.4, -0.2) is 32.3 Å². The van der Waals surface area contributed by atoms with E-state index in [1.165, 1.54) is 6.20 Å². The van der Waals surface area contributed by atoms with Gasteiger partial charge in [0, 0.05) is 12.3 Å². The molecule has 1 atom stereocenters. The second-order valence-corrected chi connectivity index (χ2v) is 11.2. The lowest BCUT2D eigenvalue weighted by Gasteiger charge is -2.19. The summed E-state index contributed by atoms with van der Waals surface area (Å²) in [5.74, 6) is 0.0482. The van der Waals surface area contributed by atoms with Crippen LogP contribution in [0.4, 0.5) is 0 Å². The van der Waals surface area contributed by atoms with E-state index in [9.17, 15) is 14.1 Å². The Morgan fingerprint density at radius 3 is 2.43 bits per heavy atom. The molecule has 1 unspecified atom stereocenters. The molecule has 0 aliphatic heterocycles. The van der Waals surface area contributed by atoms with Crippen LogP contribution in [-0.2, 0) is 26.7 Å². The molecule has 2 aromatic rings. The van der Waals surface area contributed by atoms with E-state index in [-0.39, 0.29) is 22.6 Å². The number of nitrogens with zero attached hydrogens (tertiary/aromatic N) is 3. The SMILES string of the molecule is COc1cc(C(C)C)c(CC(=O)N=S(N)(=O)c2ncc(C(C)(C)O)s2)c(C(C)C)n1. The van der Waals surface area contributed by atoms with Crippen LogP contribution in [0.1, 0.15) is 75.1 Å². The van der Waals surface area contributed by atoms with Crippen molar-refractivity contribution in [2.24, 2.45) is 9.50 Å². The number of thiazole rings is 1. The standard InChI is InChI=1S/C20H30N4O4S2/c1-11(2)13-9-17(28-7)23-18(12(3)4)14(13)8-16(25)24-30(21,27)19-22-10-15(29-19)20(5,6)26/h9-12,26H,8H2,1-7H3,(H2,21,24,25,27). The number of nitrogens with two attached hydrogens (primary N) is 1. The van der Waals surface area contributed by atoms with E-state index in [2.05, 4.69) is 14.3 Å². The molecule has 0 aliphatic rings. The normalized spacial score (nSPS) is 14.1. The number of pyridine rings is 1. The highest BCUT2D eigenvalue weighted by Gasteiger charge is 2.24. The minimum atomic E-state index is -3.52. The first kappa shape index (κ1) is 24.4. The van der Waals surface area contributed by atoms with Gasteiger partial charge in [0.25, 0.3) is 5.91 Å². The van der Waals surface area contributed by atoms with Gasteiger partial charge in [0.1, 0.15) is 0 Å². The maximum atomic E-state index is 12.9. The molecule has 30 heavy (non-hydrogen) atoms. The van der Waals surface area contributed by atoms with Gasteiger partial charge < -0.3 is 9.84 Å². The number of amides is 1. The maximum absolute atomic E-state index is 12.9. The van der Waals surface area contributed by atoms with Crippen LogP contribution in [0.5, 0.6) is 5.88 Å². The fraction of sp³-hybridized carbons (Fsp3) is 0.550. The first-order valence-corrected chi connectivity index (χ1v) is 12.0. The molecule has 10 heteroatoms. The average Bonchev–Trinajstić information content (AvgIpc) is 3.12. The van der Waals surface area contributed by atoms with Gasteiger partial charge in [-0.25, -0.2) is 19.3 Å². The Hall–Kier alpha value is -1.88. The van der Waals surface area contributed by atoms with E-state index in [4.69, 9.17) is 9.88 Å². The summed E-state index contributed by atoms with van der Waals surface area (Å²) in [4.78, 5) is 21.8. The molecule has 0 bridgehead atoms. The van der Waals surface area contributed by atoms with Gasteiger partial charge >= 0.3 is 0 Å².